The lowest BCUT2D eigenvalue weighted by molar-refractivity contribution is 0.101. The van der Waals surface area contributed by atoms with E-state index in [2.05, 4.69) is 0 Å². The van der Waals surface area contributed by atoms with E-state index in [0.29, 0.717) is 5.56 Å². The van der Waals surface area contributed by atoms with E-state index in [-0.39, 0.29) is 22.8 Å². The normalized spacial score (nSPS) is 10.9. The van der Waals surface area contributed by atoms with E-state index >= 15 is 0 Å². The van der Waals surface area contributed by atoms with E-state index in [0.717, 1.165) is 0 Å². The van der Waals surface area contributed by atoms with Crippen LogP contribution in [0.15, 0.2) is 46.6 Å². The topological polar surface area (TPSA) is 83.5 Å². The van der Waals surface area contributed by atoms with Gasteiger partial charge in [-0.05, 0) is 35.9 Å². The van der Waals surface area contributed by atoms with Crippen molar-refractivity contribution < 1.29 is 19.1 Å². The van der Waals surface area contributed by atoms with Crippen molar-refractivity contribution in [2.75, 3.05) is 7.11 Å². The molecule has 2 aromatic rings. The average Bonchev–Trinajstić information content (AvgIpc) is 2.99. The van der Waals surface area contributed by atoms with E-state index in [1.165, 1.54) is 37.6 Å². The monoisotopic (exact) mass is 269 g/mol. The first-order valence-corrected chi connectivity index (χ1v) is 5.72. The molecule has 0 saturated heterocycles. The van der Waals surface area contributed by atoms with Crippen LogP contribution in [0.4, 0.5) is 0 Å². The van der Waals surface area contributed by atoms with E-state index in [9.17, 15) is 9.90 Å². The number of phenols is 1. The molecule has 0 atom stereocenters. The number of carbonyl (C=O) groups is 1. The van der Waals surface area contributed by atoms with Crippen molar-refractivity contribution in [1.29, 1.82) is 5.26 Å². The average molecular weight is 269 g/mol. The molecule has 0 fully saturated rings. The molecule has 5 heteroatoms. The molecule has 0 aliphatic heterocycles. The Kier molecular flexibility index (Phi) is 3.87. The smallest absolute Gasteiger partial charge is 0.238 e. The summed E-state index contributed by atoms with van der Waals surface area (Å²) in [6.45, 7) is 0. The Morgan fingerprint density at radius 2 is 2.25 bits per heavy atom. The Bertz CT molecular complexity index is 693. The zero-order valence-electron chi connectivity index (χ0n) is 10.7. The summed E-state index contributed by atoms with van der Waals surface area (Å²) < 4.78 is 9.94. The Morgan fingerprint density at radius 3 is 2.85 bits per heavy atom. The summed E-state index contributed by atoms with van der Waals surface area (Å²) in [5.74, 6) is -0.143. The van der Waals surface area contributed by atoms with Crippen molar-refractivity contribution in [3.63, 3.8) is 0 Å². The Morgan fingerprint density at radius 1 is 1.45 bits per heavy atom. The number of allylic oxidation sites excluding steroid dienone is 1. The molecule has 0 bridgehead atoms. The number of phenolic OH excluding ortho intramolecular Hbond substituents is 1. The van der Waals surface area contributed by atoms with Gasteiger partial charge in [0.1, 0.15) is 11.6 Å². The van der Waals surface area contributed by atoms with Crippen LogP contribution in [0, 0.1) is 11.3 Å². The number of furan rings is 1. The minimum absolute atomic E-state index is 0.0134. The number of ether oxygens (including phenoxy) is 1. The highest BCUT2D eigenvalue weighted by Crippen LogP contribution is 2.27. The molecule has 0 amide bonds. The van der Waals surface area contributed by atoms with Gasteiger partial charge < -0.3 is 14.3 Å². The summed E-state index contributed by atoms with van der Waals surface area (Å²) >= 11 is 0. The number of Topliss-reactive ketones (excluding diaryl/α,β-unsaturated/α-hetero) is 1. The molecule has 0 spiro atoms. The lowest BCUT2D eigenvalue weighted by Crippen LogP contribution is -2.00. The molecule has 1 heterocycles. The quantitative estimate of drug-likeness (QED) is 0.524. The highest BCUT2D eigenvalue weighted by Gasteiger charge is 2.15. The number of nitrogens with zero attached hydrogens (tertiary/aromatic N) is 1. The second-order valence-electron chi connectivity index (χ2n) is 3.91. The molecule has 0 saturated carbocycles. The standard InChI is InChI=1S/C15H11NO4/c1-19-14-8-10(4-5-12(14)17)7-11(9-16)15(18)13-3-2-6-20-13/h2-8,17H,1H3/b11-7+. The fourth-order valence-corrected chi connectivity index (χ4v) is 1.64. The lowest BCUT2D eigenvalue weighted by atomic mass is 10.1. The van der Waals surface area contributed by atoms with Crippen molar-refractivity contribution in [2.45, 2.75) is 0 Å². The van der Waals surface area contributed by atoms with Gasteiger partial charge in [0.25, 0.3) is 0 Å². The molecule has 20 heavy (non-hydrogen) atoms. The largest absolute Gasteiger partial charge is 0.504 e. The molecule has 5 nitrogen and oxygen atoms in total. The van der Waals surface area contributed by atoms with Gasteiger partial charge >= 0.3 is 0 Å². The summed E-state index contributed by atoms with van der Waals surface area (Å²) in [6, 6.07) is 9.44. The van der Waals surface area contributed by atoms with Gasteiger partial charge in [-0.15, -0.1) is 0 Å². The number of carbonyl (C=O) groups excluding carboxylic acids is 1. The first kappa shape index (κ1) is 13.4. The minimum Gasteiger partial charge on any atom is -0.504 e. The van der Waals surface area contributed by atoms with E-state index in [1.807, 2.05) is 6.07 Å². The molecule has 0 radical (unpaired) electrons. The summed E-state index contributed by atoms with van der Waals surface area (Å²) in [4.78, 5) is 12.0. The molecular weight excluding hydrogens is 258 g/mol. The second kappa shape index (κ2) is 5.76. The highest BCUT2D eigenvalue weighted by atomic mass is 16.5. The predicted molar refractivity (Wildman–Crippen MR) is 71.3 cm³/mol. The molecule has 100 valence electrons. The molecule has 0 aliphatic rings. The predicted octanol–water partition coefficient (Wildman–Crippen LogP) is 2.78. The van der Waals surface area contributed by atoms with Crippen LogP contribution in [0.5, 0.6) is 11.5 Å². The summed E-state index contributed by atoms with van der Waals surface area (Å²) in [6.07, 6.45) is 2.78. The van der Waals surface area contributed by atoms with Crippen LogP contribution in [-0.2, 0) is 0 Å². The Hall–Kier alpha value is -3.00. The lowest BCUT2D eigenvalue weighted by Gasteiger charge is -2.04. The number of benzene rings is 1. The first-order chi connectivity index (χ1) is 9.65. The van der Waals surface area contributed by atoms with Crippen molar-refractivity contribution >= 4 is 11.9 Å². The third kappa shape index (κ3) is 2.70. The minimum atomic E-state index is -0.496. The summed E-state index contributed by atoms with van der Waals surface area (Å²) in [7, 11) is 1.42. The third-order valence-corrected chi connectivity index (χ3v) is 2.62. The molecule has 1 aromatic carbocycles. The maximum Gasteiger partial charge on any atom is 0.238 e. The number of nitriles is 1. The molecule has 2 rings (SSSR count). The van der Waals surface area contributed by atoms with Gasteiger partial charge in [0.15, 0.2) is 17.3 Å². The van der Waals surface area contributed by atoms with Crippen LogP contribution >= 0.6 is 0 Å². The van der Waals surface area contributed by atoms with E-state index in [4.69, 9.17) is 14.4 Å². The van der Waals surface area contributed by atoms with Crippen molar-refractivity contribution in [1.82, 2.24) is 0 Å². The van der Waals surface area contributed by atoms with E-state index < -0.39 is 5.78 Å². The number of ketones is 1. The fraction of sp³-hybridized carbons (Fsp3) is 0.0667. The van der Waals surface area contributed by atoms with Crippen LogP contribution in [-0.4, -0.2) is 18.0 Å². The van der Waals surface area contributed by atoms with Gasteiger partial charge in [0.05, 0.1) is 13.4 Å². The van der Waals surface area contributed by atoms with Crippen molar-refractivity contribution in [3.8, 4) is 17.6 Å². The van der Waals surface area contributed by atoms with E-state index in [1.54, 1.807) is 12.1 Å². The van der Waals surface area contributed by atoms with Crippen LogP contribution in [0.1, 0.15) is 16.1 Å². The van der Waals surface area contributed by atoms with Crippen molar-refractivity contribution in [2.24, 2.45) is 0 Å². The Labute approximate surface area is 115 Å². The van der Waals surface area contributed by atoms with Crippen molar-refractivity contribution in [3.05, 3.63) is 53.5 Å². The number of methoxy groups -OCH3 is 1. The maximum atomic E-state index is 12.0. The van der Waals surface area contributed by atoms with Gasteiger partial charge in [-0.25, -0.2) is 0 Å². The SMILES string of the molecule is COc1cc(/C=C(\C#N)C(=O)c2ccco2)ccc1O. The zero-order valence-corrected chi connectivity index (χ0v) is 10.7. The fourth-order valence-electron chi connectivity index (χ4n) is 1.64. The van der Waals surface area contributed by atoms with Crippen LogP contribution in [0.3, 0.4) is 0 Å². The van der Waals surface area contributed by atoms with Crippen LogP contribution in [0.2, 0.25) is 0 Å². The number of rotatable bonds is 4. The molecule has 0 aliphatic carbocycles. The number of hydrogen-bond acceptors (Lipinski definition) is 5. The maximum absolute atomic E-state index is 12.0. The van der Waals surface area contributed by atoms with Gasteiger partial charge in [-0.3, -0.25) is 4.79 Å². The van der Waals surface area contributed by atoms with Crippen LogP contribution in [0.25, 0.3) is 6.08 Å². The highest BCUT2D eigenvalue weighted by molar-refractivity contribution is 6.12. The summed E-state index contributed by atoms with van der Waals surface area (Å²) in [5.41, 5.74) is 0.504. The number of aromatic hydroxyl groups is 1. The number of hydrogen-bond donors (Lipinski definition) is 1. The zero-order chi connectivity index (χ0) is 14.5. The molecular formula is C15H11NO4. The first-order valence-electron chi connectivity index (χ1n) is 5.72. The van der Waals surface area contributed by atoms with Gasteiger partial charge in [-0.2, -0.15) is 5.26 Å². The summed E-state index contributed by atoms with van der Waals surface area (Å²) in [5, 5.41) is 18.6. The molecule has 1 aromatic heterocycles. The third-order valence-electron chi connectivity index (χ3n) is 2.62. The van der Waals surface area contributed by atoms with Gasteiger partial charge in [0.2, 0.25) is 5.78 Å². The second-order valence-corrected chi connectivity index (χ2v) is 3.91. The Balaban J connectivity index is 2.37. The molecule has 0 unspecified atom stereocenters. The van der Waals surface area contributed by atoms with Gasteiger partial charge in [-0.1, -0.05) is 6.07 Å². The molecule has 1 N–H and O–H groups in total. The van der Waals surface area contributed by atoms with Crippen LogP contribution < -0.4 is 4.74 Å². The van der Waals surface area contributed by atoms with Gasteiger partial charge in [0, 0.05) is 0 Å².